The van der Waals surface area contributed by atoms with Crippen LogP contribution in [0.4, 0.5) is 5.69 Å². The fourth-order valence-corrected chi connectivity index (χ4v) is 3.78. The smallest absolute Gasteiger partial charge is 0.266 e. The van der Waals surface area contributed by atoms with Crippen LogP contribution in [0.15, 0.2) is 66.2 Å². The van der Waals surface area contributed by atoms with Gasteiger partial charge in [-0.25, -0.2) is 0 Å². The molecule has 174 valence electrons. The number of halogens is 2. The molecule has 0 unspecified atom stereocenters. The van der Waals surface area contributed by atoms with E-state index in [9.17, 15) is 10.1 Å². The van der Waals surface area contributed by atoms with E-state index in [1.54, 1.807) is 12.1 Å². The number of anilines is 1. The molecule has 5 nitrogen and oxygen atoms in total. The topological polar surface area (TPSA) is 71.3 Å². The van der Waals surface area contributed by atoms with Crippen molar-refractivity contribution in [3.05, 3.63) is 91.5 Å². The monoisotopic (exact) mass is 586 g/mol. The molecule has 0 aliphatic carbocycles. The first kappa shape index (κ1) is 25.6. The Morgan fingerprint density at radius 1 is 1.06 bits per heavy atom. The third-order valence-corrected chi connectivity index (χ3v) is 5.92. The van der Waals surface area contributed by atoms with Crippen molar-refractivity contribution in [2.45, 2.75) is 26.9 Å². The lowest BCUT2D eigenvalue weighted by molar-refractivity contribution is -0.112. The second-order valence-corrected chi connectivity index (χ2v) is 9.01. The number of carbonyl (C=O) groups excluding carboxylic acids is 1. The first-order valence-corrected chi connectivity index (χ1v) is 12.2. The number of hydrogen-bond donors (Lipinski definition) is 1. The molecule has 0 atom stereocenters. The Morgan fingerprint density at radius 3 is 2.35 bits per heavy atom. The van der Waals surface area contributed by atoms with Gasteiger partial charge in [0.15, 0.2) is 11.5 Å². The molecule has 3 aromatic carbocycles. The standard InChI is InChI=1S/C27H24ClIN2O3/c1-3-18-7-11-23(12-8-18)31-27(32)21(16-30)13-20-14-24(28)26(25(15-20)33-4-2)34-17-19-5-9-22(29)10-6-19/h5-15H,3-4,17H2,1-2H3,(H,31,32)/b21-13+. The van der Waals surface area contributed by atoms with Crippen molar-refractivity contribution in [1.29, 1.82) is 5.26 Å². The zero-order valence-corrected chi connectivity index (χ0v) is 21.8. The van der Waals surface area contributed by atoms with E-state index in [4.69, 9.17) is 21.1 Å². The van der Waals surface area contributed by atoms with Crippen molar-refractivity contribution in [2.75, 3.05) is 11.9 Å². The van der Waals surface area contributed by atoms with Crippen molar-refractivity contribution >= 4 is 51.9 Å². The first-order chi connectivity index (χ1) is 16.4. The number of nitrogens with zero attached hydrogens (tertiary/aromatic N) is 1. The van der Waals surface area contributed by atoms with Gasteiger partial charge in [0, 0.05) is 9.26 Å². The summed E-state index contributed by atoms with van der Waals surface area (Å²) in [7, 11) is 0. The van der Waals surface area contributed by atoms with Gasteiger partial charge in [0.1, 0.15) is 18.2 Å². The number of nitriles is 1. The number of aryl methyl sites for hydroxylation is 1. The summed E-state index contributed by atoms with van der Waals surface area (Å²) in [5.74, 6) is 0.359. The summed E-state index contributed by atoms with van der Waals surface area (Å²) in [6.07, 6.45) is 2.39. The number of hydrogen-bond acceptors (Lipinski definition) is 4. The molecule has 0 radical (unpaired) electrons. The highest BCUT2D eigenvalue weighted by atomic mass is 127. The fraction of sp³-hybridized carbons (Fsp3) is 0.185. The maximum absolute atomic E-state index is 12.7. The molecule has 0 saturated carbocycles. The molecule has 0 aliphatic heterocycles. The van der Waals surface area contributed by atoms with Gasteiger partial charge in [-0.2, -0.15) is 5.26 Å². The van der Waals surface area contributed by atoms with Crippen LogP contribution in [-0.4, -0.2) is 12.5 Å². The molecule has 0 aromatic heterocycles. The number of nitrogens with one attached hydrogen (secondary N) is 1. The Hall–Kier alpha value is -3.02. The maximum Gasteiger partial charge on any atom is 0.266 e. The van der Waals surface area contributed by atoms with Crippen LogP contribution in [0.25, 0.3) is 6.08 Å². The van der Waals surface area contributed by atoms with Gasteiger partial charge in [0.25, 0.3) is 5.91 Å². The third kappa shape index (κ3) is 6.99. The van der Waals surface area contributed by atoms with Crippen LogP contribution < -0.4 is 14.8 Å². The molecule has 0 bridgehead atoms. The number of amides is 1. The molecule has 0 heterocycles. The molecule has 0 saturated heterocycles. The van der Waals surface area contributed by atoms with Gasteiger partial charge in [-0.05, 0) is 95.1 Å². The molecule has 34 heavy (non-hydrogen) atoms. The second-order valence-electron chi connectivity index (χ2n) is 7.35. The Balaban J connectivity index is 1.81. The normalized spacial score (nSPS) is 11.0. The van der Waals surface area contributed by atoms with E-state index in [1.807, 2.05) is 61.5 Å². The van der Waals surface area contributed by atoms with Crippen LogP contribution in [0.5, 0.6) is 11.5 Å². The minimum absolute atomic E-state index is 0.0503. The van der Waals surface area contributed by atoms with E-state index in [0.717, 1.165) is 21.1 Å². The SMILES string of the molecule is CCOc1cc(/C=C(\C#N)C(=O)Nc2ccc(CC)cc2)cc(Cl)c1OCc1ccc(I)cc1. The molecule has 0 fully saturated rings. The lowest BCUT2D eigenvalue weighted by Gasteiger charge is -2.15. The Bertz CT molecular complexity index is 1220. The summed E-state index contributed by atoms with van der Waals surface area (Å²) >= 11 is 8.76. The van der Waals surface area contributed by atoms with Gasteiger partial charge in [-0.15, -0.1) is 0 Å². The number of ether oxygens (including phenoxy) is 2. The fourth-order valence-electron chi connectivity index (χ4n) is 3.15. The van der Waals surface area contributed by atoms with Crippen molar-refractivity contribution in [3.63, 3.8) is 0 Å². The van der Waals surface area contributed by atoms with Gasteiger partial charge < -0.3 is 14.8 Å². The predicted molar refractivity (Wildman–Crippen MR) is 144 cm³/mol. The van der Waals surface area contributed by atoms with E-state index in [-0.39, 0.29) is 5.57 Å². The lowest BCUT2D eigenvalue weighted by Crippen LogP contribution is -2.13. The average molecular weight is 587 g/mol. The van der Waals surface area contributed by atoms with E-state index in [1.165, 1.54) is 6.08 Å². The highest BCUT2D eigenvalue weighted by Crippen LogP contribution is 2.38. The van der Waals surface area contributed by atoms with Gasteiger partial charge >= 0.3 is 0 Å². The predicted octanol–water partition coefficient (Wildman–Crippen LogP) is 7.03. The summed E-state index contributed by atoms with van der Waals surface area (Å²) in [6.45, 7) is 4.65. The van der Waals surface area contributed by atoms with Gasteiger partial charge in [0.05, 0.1) is 11.6 Å². The highest BCUT2D eigenvalue weighted by Gasteiger charge is 2.15. The number of benzene rings is 3. The van der Waals surface area contributed by atoms with E-state index >= 15 is 0 Å². The minimum Gasteiger partial charge on any atom is -0.490 e. The van der Waals surface area contributed by atoms with Gasteiger partial charge in [0.2, 0.25) is 0 Å². The van der Waals surface area contributed by atoms with Crippen LogP contribution >= 0.6 is 34.2 Å². The molecule has 0 spiro atoms. The van der Waals surface area contributed by atoms with E-state index in [0.29, 0.717) is 41.0 Å². The van der Waals surface area contributed by atoms with Gasteiger partial charge in [-0.3, -0.25) is 4.79 Å². The molecular formula is C27H24ClIN2O3. The molecule has 0 aliphatic rings. The van der Waals surface area contributed by atoms with Crippen LogP contribution in [0.3, 0.4) is 0 Å². The number of carbonyl (C=O) groups is 1. The summed E-state index contributed by atoms with van der Waals surface area (Å²) in [6, 6.07) is 20.8. The summed E-state index contributed by atoms with van der Waals surface area (Å²) < 4.78 is 12.8. The highest BCUT2D eigenvalue weighted by molar-refractivity contribution is 14.1. The Labute approximate surface area is 218 Å². The maximum atomic E-state index is 12.7. The number of rotatable bonds is 9. The zero-order valence-electron chi connectivity index (χ0n) is 18.9. The van der Waals surface area contributed by atoms with Crippen LogP contribution in [0.1, 0.15) is 30.5 Å². The third-order valence-electron chi connectivity index (χ3n) is 4.92. The Morgan fingerprint density at radius 2 is 1.74 bits per heavy atom. The zero-order chi connectivity index (χ0) is 24.5. The quantitative estimate of drug-likeness (QED) is 0.166. The summed E-state index contributed by atoms with van der Waals surface area (Å²) in [5.41, 5.74) is 3.29. The van der Waals surface area contributed by atoms with Crippen molar-refractivity contribution < 1.29 is 14.3 Å². The molecule has 1 amide bonds. The minimum atomic E-state index is -0.500. The molecule has 3 rings (SSSR count). The molecule has 3 aromatic rings. The van der Waals surface area contributed by atoms with Crippen LogP contribution in [0.2, 0.25) is 5.02 Å². The van der Waals surface area contributed by atoms with Crippen molar-refractivity contribution in [3.8, 4) is 17.6 Å². The van der Waals surface area contributed by atoms with Gasteiger partial charge in [-0.1, -0.05) is 42.8 Å². The van der Waals surface area contributed by atoms with Crippen molar-refractivity contribution in [2.24, 2.45) is 0 Å². The summed E-state index contributed by atoms with van der Waals surface area (Å²) in [4.78, 5) is 12.7. The second kappa shape index (κ2) is 12.4. The van der Waals surface area contributed by atoms with Crippen molar-refractivity contribution in [1.82, 2.24) is 0 Å². The van der Waals surface area contributed by atoms with E-state index < -0.39 is 5.91 Å². The first-order valence-electron chi connectivity index (χ1n) is 10.8. The molecular weight excluding hydrogens is 563 g/mol. The molecule has 1 N–H and O–H groups in total. The van der Waals surface area contributed by atoms with Crippen LogP contribution in [-0.2, 0) is 17.8 Å². The average Bonchev–Trinajstić information content (AvgIpc) is 2.83. The van der Waals surface area contributed by atoms with Crippen LogP contribution in [0, 0.1) is 14.9 Å². The molecule has 7 heteroatoms. The summed E-state index contributed by atoms with van der Waals surface area (Å²) in [5, 5.41) is 12.7. The Kier molecular flexibility index (Phi) is 9.37. The largest absolute Gasteiger partial charge is 0.490 e. The van der Waals surface area contributed by atoms with E-state index in [2.05, 4.69) is 34.8 Å². The lowest BCUT2D eigenvalue weighted by atomic mass is 10.1.